The molecule has 2 fully saturated rings. The van der Waals surface area contributed by atoms with Crippen LogP contribution in [0.5, 0.6) is 0 Å². The summed E-state index contributed by atoms with van der Waals surface area (Å²) >= 11 is 0. The van der Waals surface area contributed by atoms with Gasteiger partial charge in [0.25, 0.3) is 0 Å². The molecule has 3 rings (SSSR count). The molecular formula is C17H25N3O. The van der Waals surface area contributed by atoms with Crippen molar-refractivity contribution in [2.45, 2.75) is 31.3 Å². The van der Waals surface area contributed by atoms with Crippen molar-refractivity contribution in [1.82, 2.24) is 4.90 Å². The van der Waals surface area contributed by atoms with E-state index in [-0.39, 0.29) is 5.60 Å². The normalized spacial score (nSPS) is 22.2. The first-order valence-corrected chi connectivity index (χ1v) is 7.79. The summed E-state index contributed by atoms with van der Waals surface area (Å²) in [6.45, 7) is 2.13. The quantitative estimate of drug-likeness (QED) is 0.661. The van der Waals surface area contributed by atoms with Gasteiger partial charge in [-0.1, -0.05) is 18.2 Å². The zero-order valence-electron chi connectivity index (χ0n) is 13.0. The number of anilines is 1. The van der Waals surface area contributed by atoms with Crippen LogP contribution in [0.15, 0.2) is 18.2 Å². The average molecular weight is 287 g/mol. The largest absolute Gasteiger partial charge is 0.398 e. The second-order valence-corrected chi connectivity index (χ2v) is 6.46. The maximum atomic E-state index is 8.57. The zero-order valence-corrected chi connectivity index (χ0v) is 13.0. The van der Waals surface area contributed by atoms with Gasteiger partial charge in [-0.15, -0.1) is 0 Å². The van der Waals surface area contributed by atoms with E-state index in [1.54, 1.807) is 7.11 Å². The first-order chi connectivity index (χ1) is 10.1. The summed E-state index contributed by atoms with van der Waals surface area (Å²) in [5, 5.41) is 8.57. The molecule has 1 aromatic carbocycles. The van der Waals surface area contributed by atoms with Crippen LogP contribution in [-0.2, 0) is 10.3 Å². The molecule has 1 saturated carbocycles. The van der Waals surface area contributed by atoms with Gasteiger partial charge in [0.1, 0.15) is 0 Å². The lowest BCUT2D eigenvalue weighted by Gasteiger charge is -2.30. The molecule has 1 heterocycles. The van der Waals surface area contributed by atoms with E-state index in [1.165, 1.54) is 0 Å². The first kappa shape index (κ1) is 14.5. The molecule has 0 radical (unpaired) electrons. The van der Waals surface area contributed by atoms with Crippen LogP contribution in [0.3, 0.4) is 0 Å². The number of hydrogen-bond donors (Lipinski definition) is 2. The van der Waals surface area contributed by atoms with Gasteiger partial charge in [0, 0.05) is 35.6 Å². The van der Waals surface area contributed by atoms with Crippen LogP contribution in [0.4, 0.5) is 5.69 Å². The van der Waals surface area contributed by atoms with Crippen molar-refractivity contribution >= 4 is 11.4 Å². The van der Waals surface area contributed by atoms with Crippen LogP contribution in [0, 0.1) is 11.3 Å². The third kappa shape index (κ3) is 2.58. The molecule has 0 spiro atoms. The molecule has 0 amide bonds. The van der Waals surface area contributed by atoms with E-state index in [0.717, 1.165) is 55.6 Å². The highest BCUT2D eigenvalue weighted by atomic mass is 16.5. The van der Waals surface area contributed by atoms with E-state index >= 15 is 0 Å². The van der Waals surface area contributed by atoms with Gasteiger partial charge in [-0.2, -0.15) is 0 Å². The fourth-order valence-electron chi connectivity index (χ4n) is 3.41. The van der Waals surface area contributed by atoms with Crippen molar-refractivity contribution in [3.05, 3.63) is 29.3 Å². The van der Waals surface area contributed by atoms with Crippen LogP contribution >= 0.6 is 0 Å². The van der Waals surface area contributed by atoms with Gasteiger partial charge in [-0.05, 0) is 45.8 Å². The molecule has 3 N–H and O–H groups in total. The number of methoxy groups -OCH3 is 1. The number of benzene rings is 1. The second kappa shape index (κ2) is 5.43. The predicted octanol–water partition coefficient (Wildman–Crippen LogP) is 2.61. The fraction of sp³-hybridized carbons (Fsp3) is 0.588. The summed E-state index contributed by atoms with van der Waals surface area (Å²) in [6.07, 6.45) is 4.15. The van der Waals surface area contributed by atoms with Crippen molar-refractivity contribution in [2.75, 3.05) is 33.0 Å². The van der Waals surface area contributed by atoms with E-state index in [4.69, 9.17) is 15.9 Å². The lowest BCUT2D eigenvalue weighted by atomic mass is 9.86. The third-order valence-corrected chi connectivity index (χ3v) is 5.11. The maximum Gasteiger partial charge on any atom is 0.0949 e. The van der Waals surface area contributed by atoms with Crippen molar-refractivity contribution in [2.24, 2.45) is 5.92 Å². The summed E-state index contributed by atoms with van der Waals surface area (Å²) in [6, 6.07) is 6.06. The van der Waals surface area contributed by atoms with E-state index in [0.29, 0.717) is 11.6 Å². The average Bonchev–Trinajstić information content (AvgIpc) is 3.28. The van der Waals surface area contributed by atoms with E-state index in [2.05, 4.69) is 18.0 Å². The van der Waals surface area contributed by atoms with Crippen molar-refractivity contribution < 1.29 is 4.74 Å². The minimum absolute atomic E-state index is 0.187. The van der Waals surface area contributed by atoms with E-state index in [9.17, 15) is 0 Å². The molecule has 1 aliphatic heterocycles. The smallest absolute Gasteiger partial charge is 0.0949 e. The Morgan fingerprint density at radius 2 is 2.00 bits per heavy atom. The molecule has 2 aliphatic rings. The van der Waals surface area contributed by atoms with Gasteiger partial charge < -0.3 is 20.8 Å². The summed E-state index contributed by atoms with van der Waals surface area (Å²) in [4.78, 5) is 2.33. The Labute approximate surface area is 126 Å². The monoisotopic (exact) mass is 287 g/mol. The zero-order chi connectivity index (χ0) is 15.0. The Bertz CT molecular complexity index is 543. The van der Waals surface area contributed by atoms with Crippen molar-refractivity contribution in [3.8, 4) is 0 Å². The number of para-hydroxylation sites is 1. The molecule has 21 heavy (non-hydrogen) atoms. The number of nitrogens with zero attached hydrogens (tertiary/aromatic N) is 1. The number of nitrogens with two attached hydrogens (primary N) is 1. The molecule has 1 saturated heterocycles. The summed E-state index contributed by atoms with van der Waals surface area (Å²) in [5.74, 6) is 0.330. The third-order valence-electron chi connectivity index (χ3n) is 5.11. The van der Waals surface area contributed by atoms with Crippen LogP contribution < -0.4 is 5.73 Å². The lowest BCUT2D eigenvalue weighted by molar-refractivity contribution is 0.0795. The minimum Gasteiger partial charge on any atom is -0.398 e. The number of piperidine rings is 1. The van der Waals surface area contributed by atoms with E-state index in [1.807, 2.05) is 12.1 Å². The highest BCUT2D eigenvalue weighted by Gasteiger charge is 2.46. The first-order valence-electron chi connectivity index (χ1n) is 7.79. The van der Waals surface area contributed by atoms with Crippen molar-refractivity contribution in [1.29, 1.82) is 5.41 Å². The Balaban J connectivity index is 1.85. The van der Waals surface area contributed by atoms with Crippen molar-refractivity contribution in [3.63, 3.8) is 0 Å². The van der Waals surface area contributed by atoms with Gasteiger partial charge in [-0.25, -0.2) is 0 Å². The standard InChI is InChI=1S/C17H25N3O/c1-20-10-6-12(7-11-20)15(18)13-4-3-5-14(16(13)19)17(21-2)8-9-17/h3-5,12,18H,6-11,19H2,1-2H3. The number of ether oxygens (including phenoxy) is 1. The molecule has 0 unspecified atom stereocenters. The summed E-state index contributed by atoms with van der Waals surface area (Å²) in [5.41, 5.74) is 9.63. The molecule has 0 aromatic heterocycles. The lowest BCUT2D eigenvalue weighted by Crippen LogP contribution is -2.34. The Hall–Kier alpha value is -1.39. The molecule has 0 atom stereocenters. The molecule has 4 nitrogen and oxygen atoms in total. The number of nitrogen functional groups attached to an aromatic ring is 1. The van der Waals surface area contributed by atoms with Gasteiger partial charge in [0.05, 0.1) is 5.60 Å². The predicted molar refractivity (Wildman–Crippen MR) is 85.8 cm³/mol. The van der Waals surface area contributed by atoms with Gasteiger partial charge in [0.2, 0.25) is 0 Å². The van der Waals surface area contributed by atoms with Gasteiger partial charge >= 0.3 is 0 Å². The summed E-state index contributed by atoms with van der Waals surface area (Å²) < 4.78 is 5.65. The highest BCUT2D eigenvalue weighted by molar-refractivity contribution is 6.04. The highest BCUT2D eigenvalue weighted by Crippen LogP contribution is 2.51. The molecule has 1 aromatic rings. The fourth-order valence-corrected chi connectivity index (χ4v) is 3.41. The van der Waals surface area contributed by atoms with Crippen LogP contribution in [-0.4, -0.2) is 37.9 Å². The number of hydrogen-bond acceptors (Lipinski definition) is 4. The van der Waals surface area contributed by atoms with Gasteiger partial charge in [-0.3, -0.25) is 0 Å². The van der Waals surface area contributed by atoms with E-state index < -0.39 is 0 Å². The molecule has 4 heteroatoms. The van der Waals surface area contributed by atoms with Crippen LogP contribution in [0.25, 0.3) is 0 Å². The second-order valence-electron chi connectivity index (χ2n) is 6.46. The van der Waals surface area contributed by atoms with Crippen LogP contribution in [0.2, 0.25) is 0 Å². The minimum atomic E-state index is -0.187. The molecule has 1 aliphatic carbocycles. The topological polar surface area (TPSA) is 62.3 Å². The van der Waals surface area contributed by atoms with Crippen LogP contribution in [0.1, 0.15) is 36.8 Å². The number of likely N-dealkylation sites (tertiary alicyclic amines) is 1. The summed E-state index contributed by atoms with van der Waals surface area (Å²) in [7, 11) is 3.89. The molecule has 114 valence electrons. The van der Waals surface area contributed by atoms with Gasteiger partial charge in [0.15, 0.2) is 0 Å². The Morgan fingerprint density at radius 3 is 2.57 bits per heavy atom. The Kier molecular flexibility index (Phi) is 3.76. The number of nitrogens with one attached hydrogen (secondary N) is 1. The Morgan fingerprint density at radius 1 is 1.33 bits per heavy atom. The molecule has 0 bridgehead atoms. The molecular weight excluding hydrogens is 262 g/mol. The maximum absolute atomic E-state index is 8.57. The number of rotatable bonds is 4. The SMILES string of the molecule is COC1(c2cccc(C(=N)C3CCN(C)CC3)c2N)CC1.